The third kappa shape index (κ3) is 2.83. The van der Waals surface area contributed by atoms with E-state index in [0.717, 1.165) is 11.7 Å². The molecule has 4 heteroatoms. The van der Waals surface area contributed by atoms with Crippen LogP contribution in [-0.4, -0.2) is 18.1 Å². The van der Waals surface area contributed by atoms with E-state index >= 15 is 0 Å². The summed E-state index contributed by atoms with van der Waals surface area (Å²) in [6, 6.07) is 2.32. The number of nitrogens with two attached hydrogens (primary N) is 1. The molecule has 1 saturated carbocycles. The van der Waals surface area contributed by atoms with Crippen LogP contribution in [0.4, 0.5) is 11.5 Å². The van der Waals surface area contributed by atoms with Crippen LogP contribution in [0.5, 0.6) is 0 Å². The number of hydrogen-bond donors (Lipinski definition) is 1. The molecule has 2 N–H and O–H groups in total. The van der Waals surface area contributed by atoms with Gasteiger partial charge in [-0.15, -0.1) is 0 Å². The Hall–Kier alpha value is -0.960. The summed E-state index contributed by atoms with van der Waals surface area (Å²) in [5.74, 6) is 1.64. The minimum absolute atomic E-state index is 0.548. The molecule has 1 heterocycles. The molecular weight excluding hydrogens is 234 g/mol. The molecule has 0 aromatic carbocycles. The van der Waals surface area contributed by atoms with Gasteiger partial charge in [-0.25, -0.2) is 4.98 Å². The van der Waals surface area contributed by atoms with Crippen molar-refractivity contribution in [3.05, 3.63) is 17.3 Å². The van der Waals surface area contributed by atoms with E-state index in [1.165, 1.54) is 25.7 Å². The Morgan fingerprint density at radius 3 is 2.88 bits per heavy atom. The topological polar surface area (TPSA) is 42.2 Å². The maximum absolute atomic E-state index is 6.20. The predicted octanol–water partition coefficient (Wildman–Crippen LogP) is 3.33. The third-order valence-electron chi connectivity index (χ3n) is 3.63. The van der Waals surface area contributed by atoms with Crippen molar-refractivity contribution in [2.24, 2.45) is 5.92 Å². The van der Waals surface area contributed by atoms with E-state index in [0.29, 0.717) is 16.8 Å². The minimum Gasteiger partial charge on any atom is -0.397 e. The van der Waals surface area contributed by atoms with Crippen LogP contribution in [0.25, 0.3) is 0 Å². The summed E-state index contributed by atoms with van der Waals surface area (Å²) >= 11 is 6.20. The minimum atomic E-state index is 0.548. The van der Waals surface area contributed by atoms with Crippen molar-refractivity contribution in [3.8, 4) is 0 Å². The molecule has 1 aromatic heterocycles. The van der Waals surface area contributed by atoms with Gasteiger partial charge < -0.3 is 10.6 Å². The maximum Gasteiger partial charge on any atom is 0.147 e. The lowest BCUT2D eigenvalue weighted by Gasteiger charge is -2.35. The van der Waals surface area contributed by atoms with Gasteiger partial charge in [0, 0.05) is 13.1 Å². The van der Waals surface area contributed by atoms with E-state index < -0.39 is 0 Å². The van der Waals surface area contributed by atoms with Crippen molar-refractivity contribution in [3.63, 3.8) is 0 Å². The predicted molar refractivity (Wildman–Crippen MR) is 73.5 cm³/mol. The SMILES string of the molecule is CC1CCCC(N(C)c2ncc(N)cc2Cl)C1. The van der Waals surface area contributed by atoms with Crippen molar-refractivity contribution in [1.29, 1.82) is 0 Å². The van der Waals surface area contributed by atoms with Crippen LogP contribution < -0.4 is 10.6 Å². The molecule has 3 nitrogen and oxygen atoms in total. The van der Waals surface area contributed by atoms with E-state index in [4.69, 9.17) is 17.3 Å². The van der Waals surface area contributed by atoms with Crippen molar-refractivity contribution < 1.29 is 0 Å². The number of rotatable bonds is 2. The standard InChI is InChI=1S/C13H20ClN3/c1-9-4-3-5-11(6-9)17(2)13-12(14)7-10(15)8-16-13/h7-9,11H,3-6,15H2,1-2H3. The summed E-state index contributed by atoms with van der Waals surface area (Å²) in [4.78, 5) is 6.55. The second-order valence-corrected chi connectivity index (χ2v) is 5.52. The monoisotopic (exact) mass is 253 g/mol. The number of anilines is 2. The van der Waals surface area contributed by atoms with Gasteiger partial charge in [-0.05, 0) is 24.8 Å². The molecule has 2 rings (SSSR count). The zero-order valence-electron chi connectivity index (χ0n) is 10.5. The molecule has 2 unspecified atom stereocenters. The highest BCUT2D eigenvalue weighted by atomic mass is 35.5. The molecular formula is C13H20ClN3. The number of halogens is 1. The molecule has 0 amide bonds. The Labute approximate surface area is 108 Å². The first kappa shape index (κ1) is 12.5. The third-order valence-corrected chi connectivity index (χ3v) is 3.91. The molecule has 2 atom stereocenters. The Bertz CT molecular complexity index is 394. The number of hydrogen-bond acceptors (Lipinski definition) is 3. The molecule has 0 radical (unpaired) electrons. The first-order valence-corrected chi connectivity index (χ1v) is 6.59. The van der Waals surface area contributed by atoms with Crippen LogP contribution in [0.15, 0.2) is 12.3 Å². The number of aromatic nitrogens is 1. The molecule has 94 valence electrons. The fourth-order valence-electron chi connectivity index (χ4n) is 2.63. The van der Waals surface area contributed by atoms with Crippen LogP contribution >= 0.6 is 11.6 Å². The summed E-state index contributed by atoms with van der Waals surface area (Å²) in [7, 11) is 2.08. The molecule has 0 spiro atoms. The number of nitrogen functional groups attached to an aromatic ring is 1. The highest BCUT2D eigenvalue weighted by molar-refractivity contribution is 6.33. The van der Waals surface area contributed by atoms with Gasteiger partial charge in [0.1, 0.15) is 5.82 Å². The highest BCUT2D eigenvalue weighted by Gasteiger charge is 2.24. The summed E-state index contributed by atoms with van der Waals surface area (Å²) in [6.07, 6.45) is 6.75. The Morgan fingerprint density at radius 1 is 1.47 bits per heavy atom. The highest BCUT2D eigenvalue weighted by Crippen LogP contribution is 2.32. The van der Waals surface area contributed by atoms with Gasteiger partial charge in [0.25, 0.3) is 0 Å². The van der Waals surface area contributed by atoms with E-state index in [9.17, 15) is 0 Å². The summed E-state index contributed by atoms with van der Waals surface area (Å²) in [5, 5.41) is 0.644. The molecule has 1 aromatic rings. The van der Waals surface area contributed by atoms with Crippen LogP contribution in [0.2, 0.25) is 5.02 Å². The molecule has 0 bridgehead atoms. The first-order valence-electron chi connectivity index (χ1n) is 6.21. The van der Waals surface area contributed by atoms with Gasteiger partial charge in [0.05, 0.1) is 16.9 Å². The lowest BCUT2D eigenvalue weighted by molar-refractivity contribution is 0.335. The van der Waals surface area contributed by atoms with Gasteiger partial charge in [-0.1, -0.05) is 31.4 Å². The molecule has 1 aliphatic carbocycles. The quantitative estimate of drug-likeness (QED) is 0.879. The fraction of sp³-hybridized carbons (Fsp3) is 0.615. The summed E-state index contributed by atoms with van der Waals surface area (Å²) < 4.78 is 0. The van der Waals surface area contributed by atoms with Gasteiger partial charge in [0.2, 0.25) is 0 Å². The zero-order valence-corrected chi connectivity index (χ0v) is 11.2. The van der Waals surface area contributed by atoms with E-state index in [-0.39, 0.29) is 0 Å². The molecule has 17 heavy (non-hydrogen) atoms. The molecule has 1 fully saturated rings. The van der Waals surface area contributed by atoms with Crippen molar-refractivity contribution in [2.75, 3.05) is 17.7 Å². The Balaban J connectivity index is 2.15. The lowest BCUT2D eigenvalue weighted by atomic mass is 9.86. The van der Waals surface area contributed by atoms with Gasteiger partial charge in [-0.2, -0.15) is 0 Å². The van der Waals surface area contributed by atoms with E-state index in [1.807, 2.05) is 0 Å². The van der Waals surface area contributed by atoms with E-state index in [2.05, 4.69) is 23.9 Å². The number of pyridine rings is 1. The molecule has 1 aliphatic rings. The van der Waals surface area contributed by atoms with Crippen molar-refractivity contribution in [1.82, 2.24) is 4.98 Å². The Morgan fingerprint density at radius 2 is 2.24 bits per heavy atom. The second kappa shape index (κ2) is 5.13. The zero-order chi connectivity index (χ0) is 12.4. The van der Waals surface area contributed by atoms with E-state index in [1.54, 1.807) is 12.3 Å². The summed E-state index contributed by atoms with van der Waals surface area (Å²) in [6.45, 7) is 2.32. The largest absolute Gasteiger partial charge is 0.397 e. The Kier molecular flexibility index (Phi) is 3.77. The maximum atomic E-state index is 6.20. The van der Waals surface area contributed by atoms with Gasteiger partial charge in [-0.3, -0.25) is 0 Å². The molecule has 0 saturated heterocycles. The van der Waals surface area contributed by atoms with Gasteiger partial charge >= 0.3 is 0 Å². The molecule has 0 aliphatic heterocycles. The average molecular weight is 254 g/mol. The smallest absolute Gasteiger partial charge is 0.147 e. The van der Waals surface area contributed by atoms with Crippen LogP contribution in [0.3, 0.4) is 0 Å². The fourth-order valence-corrected chi connectivity index (χ4v) is 2.94. The normalized spacial score (nSPS) is 24.6. The van der Waals surface area contributed by atoms with Crippen molar-refractivity contribution in [2.45, 2.75) is 38.6 Å². The average Bonchev–Trinajstić information content (AvgIpc) is 2.28. The number of nitrogens with zero attached hydrogens (tertiary/aromatic N) is 2. The first-order chi connectivity index (χ1) is 8.08. The van der Waals surface area contributed by atoms with Crippen LogP contribution in [-0.2, 0) is 0 Å². The summed E-state index contributed by atoms with van der Waals surface area (Å²) in [5.41, 5.74) is 6.28. The lowest BCUT2D eigenvalue weighted by Crippen LogP contribution is -2.36. The van der Waals surface area contributed by atoms with Crippen molar-refractivity contribution >= 4 is 23.1 Å². The van der Waals surface area contributed by atoms with Crippen LogP contribution in [0.1, 0.15) is 32.6 Å². The van der Waals surface area contributed by atoms with Crippen LogP contribution in [0, 0.1) is 5.92 Å². The second-order valence-electron chi connectivity index (χ2n) is 5.11. The van der Waals surface area contributed by atoms with Gasteiger partial charge in [0.15, 0.2) is 0 Å².